The lowest BCUT2D eigenvalue weighted by molar-refractivity contribution is 0.458. The second-order valence-corrected chi connectivity index (χ2v) is 5.32. The Morgan fingerprint density at radius 1 is 1.42 bits per heavy atom. The summed E-state index contributed by atoms with van der Waals surface area (Å²) in [6, 6.07) is 0.382. The Kier molecular flexibility index (Phi) is 3.38. The van der Waals surface area contributed by atoms with Crippen molar-refractivity contribution < 1.29 is 0 Å². The zero-order valence-corrected chi connectivity index (χ0v) is 11.4. The fourth-order valence-electron chi connectivity index (χ4n) is 2.65. The molecule has 1 unspecified atom stereocenters. The van der Waals surface area contributed by atoms with E-state index in [4.69, 9.17) is 5.73 Å². The van der Waals surface area contributed by atoms with Gasteiger partial charge in [-0.15, -0.1) is 0 Å². The minimum absolute atomic E-state index is 0.382. The van der Waals surface area contributed by atoms with Gasteiger partial charge in [0.2, 0.25) is 0 Å². The smallest absolute Gasteiger partial charge is 0.0954 e. The maximum Gasteiger partial charge on any atom is 0.0954 e. The van der Waals surface area contributed by atoms with Crippen molar-refractivity contribution in [1.29, 1.82) is 0 Å². The molecule has 1 atom stereocenters. The van der Waals surface area contributed by atoms with Crippen LogP contribution >= 0.6 is 0 Å². The molecular formula is C14H21N5. The van der Waals surface area contributed by atoms with Crippen LogP contribution in [0.4, 0.5) is 0 Å². The number of imidazole rings is 1. The van der Waals surface area contributed by atoms with Crippen LogP contribution in [0.5, 0.6) is 0 Å². The van der Waals surface area contributed by atoms with E-state index in [0.29, 0.717) is 12.6 Å². The van der Waals surface area contributed by atoms with Crippen LogP contribution in [0.15, 0.2) is 24.9 Å². The van der Waals surface area contributed by atoms with Crippen LogP contribution in [0.25, 0.3) is 11.3 Å². The van der Waals surface area contributed by atoms with Crippen molar-refractivity contribution in [1.82, 2.24) is 19.3 Å². The number of nitrogens with zero attached hydrogens (tertiary/aromatic N) is 4. The average Bonchev–Trinajstić information content (AvgIpc) is 2.94. The van der Waals surface area contributed by atoms with Crippen LogP contribution in [0.1, 0.15) is 32.2 Å². The molecule has 0 amide bonds. The van der Waals surface area contributed by atoms with E-state index in [1.165, 1.54) is 12.8 Å². The molecule has 2 heterocycles. The average molecular weight is 259 g/mol. The quantitative estimate of drug-likeness (QED) is 0.863. The van der Waals surface area contributed by atoms with E-state index in [-0.39, 0.29) is 0 Å². The lowest BCUT2D eigenvalue weighted by Gasteiger charge is -2.18. The van der Waals surface area contributed by atoms with E-state index in [0.717, 1.165) is 30.1 Å². The second-order valence-electron chi connectivity index (χ2n) is 5.32. The van der Waals surface area contributed by atoms with Gasteiger partial charge in [-0.25, -0.2) is 4.98 Å². The lowest BCUT2D eigenvalue weighted by Crippen LogP contribution is -2.21. The molecule has 1 aliphatic carbocycles. The monoisotopic (exact) mass is 259 g/mol. The number of aromatic nitrogens is 4. The molecule has 1 fully saturated rings. The highest BCUT2D eigenvalue weighted by atomic mass is 15.3. The third kappa shape index (κ3) is 2.42. The Balaban J connectivity index is 1.89. The molecule has 102 valence electrons. The van der Waals surface area contributed by atoms with Gasteiger partial charge in [0.1, 0.15) is 0 Å². The van der Waals surface area contributed by atoms with Crippen LogP contribution in [0, 0.1) is 5.92 Å². The second kappa shape index (κ2) is 5.17. The molecular weight excluding hydrogens is 238 g/mol. The molecule has 3 rings (SSSR count). The molecule has 2 N–H and O–H groups in total. The Morgan fingerprint density at radius 2 is 2.26 bits per heavy atom. The molecule has 0 aliphatic heterocycles. The number of hydrogen-bond donors (Lipinski definition) is 1. The van der Waals surface area contributed by atoms with E-state index in [9.17, 15) is 0 Å². The first kappa shape index (κ1) is 12.4. The summed E-state index contributed by atoms with van der Waals surface area (Å²) >= 11 is 0. The van der Waals surface area contributed by atoms with E-state index in [2.05, 4.69) is 27.8 Å². The number of nitrogens with two attached hydrogens (primary N) is 1. The van der Waals surface area contributed by atoms with Gasteiger partial charge in [-0.2, -0.15) is 5.10 Å². The van der Waals surface area contributed by atoms with Gasteiger partial charge >= 0.3 is 0 Å². The van der Waals surface area contributed by atoms with Gasteiger partial charge in [0.05, 0.1) is 30.5 Å². The van der Waals surface area contributed by atoms with Crippen molar-refractivity contribution in [2.75, 3.05) is 6.54 Å². The zero-order valence-electron chi connectivity index (χ0n) is 11.4. The molecule has 2 aromatic heterocycles. The standard InChI is InChI=1S/C14H21N5/c1-2-5-18-9-12(7-17-18)14-8-16-10-19(14)13(6-15)11-3-4-11/h7-11,13H,2-6,15H2,1H3. The molecule has 2 aromatic rings. The van der Waals surface area contributed by atoms with Crippen molar-refractivity contribution in [3.05, 3.63) is 24.9 Å². The highest BCUT2D eigenvalue weighted by molar-refractivity contribution is 5.56. The maximum absolute atomic E-state index is 5.94. The Morgan fingerprint density at radius 3 is 2.95 bits per heavy atom. The van der Waals surface area contributed by atoms with Crippen molar-refractivity contribution >= 4 is 0 Å². The Bertz CT molecular complexity index is 538. The van der Waals surface area contributed by atoms with E-state index >= 15 is 0 Å². The molecule has 0 aromatic carbocycles. The number of aryl methyl sites for hydroxylation is 1. The van der Waals surface area contributed by atoms with Gasteiger partial charge in [-0.05, 0) is 25.2 Å². The minimum Gasteiger partial charge on any atom is -0.328 e. The SMILES string of the molecule is CCCn1cc(-c2cncn2C(CN)C2CC2)cn1. The summed E-state index contributed by atoms with van der Waals surface area (Å²) in [5.74, 6) is 0.726. The molecule has 5 heteroatoms. The summed E-state index contributed by atoms with van der Waals surface area (Å²) in [7, 11) is 0. The minimum atomic E-state index is 0.382. The van der Waals surface area contributed by atoms with Gasteiger partial charge in [0.15, 0.2) is 0 Å². The zero-order chi connectivity index (χ0) is 13.2. The predicted octanol–water partition coefficient (Wildman–Crippen LogP) is 2.07. The van der Waals surface area contributed by atoms with Gasteiger partial charge < -0.3 is 10.3 Å². The van der Waals surface area contributed by atoms with Gasteiger partial charge in [0, 0.05) is 24.8 Å². The van der Waals surface area contributed by atoms with Crippen molar-refractivity contribution in [3.8, 4) is 11.3 Å². The van der Waals surface area contributed by atoms with E-state index in [1.54, 1.807) is 0 Å². The van der Waals surface area contributed by atoms with Crippen LogP contribution in [-0.4, -0.2) is 25.9 Å². The van der Waals surface area contributed by atoms with Crippen LogP contribution in [0.2, 0.25) is 0 Å². The first-order valence-corrected chi connectivity index (χ1v) is 7.08. The summed E-state index contributed by atoms with van der Waals surface area (Å²) in [5.41, 5.74) is 8.19. The molecule has 0 saturated heterocycles. The lowest BCUT2D eigenvalue weighted by atomic mass is 10.1. The fourth-order valence-corrected chi connectivity index (χ4v) is 2.65. The van der Waals surface area contributed by atoms with Crippen molar-refractivity contribution in [2.24, 2.45) is 11.7 Å². The molecule has 0 radical (unpaired) electrons. The van der Waals surface area contributed by atoms with Crippen molar-refractivity contribution in [2.45, 2.75) is 38.8 Å². The molecule has 1 aliphatic rings. The van der Waals surface area contributed by atoms with E-state index < -0.39 is 0 Å². The van der Waals surface area contributed by atoms with Gasteiger partial charge in [0.25, 0.3) is 0 Å². The van der Waals surface area contributed by atoms with Crippen LogP contribution < -0.4 is 5.73 Å². The molecule has 0 spiro atoms. The fraction of sp³-hybridized carbons (Fsp3) is 0.571. The van der Waals surface area contributed by atoms with Crippen LogP contribution in [-0.2, 0) is 6.54 Å². The molecule has 19 heavy (non-hydrogen) atoms. The molecule has 0 bridgehead atoms. The third-order valence-electron chi connectivity index (χ3n) is 3.81. The first-order valence-electron chi connectivity index (χ1n) is 7.08. The highest BCUT2D eigenvalue weighted by Gasteiger charge is 2.32. The summed E-state index contributed by atoms with van der Waals surface area (Å²) in [5, 5.41) is 4.39. The largest absolute Gasteiger partial charge is 0.328 e. The highest BCUT2D eigenvalue weighted by Crippen LogP contribution is 2.40. The van der Waals surface area contributed by atoms with Crippen LogP contribution in [0.3, 0.4) is 0 Å². The normalized spacial score (nSPS) is 16.7. The van der Waals surface area contributed by atoms with Crippen molar-refractivity contribution in [3.63, 3.8) is 0 Å². The molecule has 1 saturated carbocycles. The summed E-state index contributed by atoms with van der Waals surface area (Å²) in [6.07, 6.45) is 11.5. The predicted molar refractivity (Wildman–Crippen MR) is 74.6 cm³/mol. The number of hydrogen-bond acceptors (Lipinski definition) is 3. The van der Waals surface area contributed by atoms with Gasteiger partial charge in [-0.3, -0.25) is 4.68 Å². The summed E-state index contributed by atoms with van der Waals surface area (Å²) in [6.45, 7) is 3.79. The Hall–Kier alpha value is -1.62. The Labute approximate surface area is 113 Å². The van der Waals surface area contributed by atoms with Gasteiger partial charge in [-0.1, -0.05) is 6.92 Å². The van der Waals surface area contributed by atoms with E-state index in [1.807, 2.05) is 23.4 Å². The summed E-state index contributed by atoms with van der Waals surface area (Å²) in [4.78, 5) is 4.30. The first-order chi connectivity index (χ1) is 9.33. The number of rotatable bonds is 6. The maximum atomic E-state index is 5.94. The topological polar surface area (TPSA) is 61.7 Å². The summed E-state index contributed by atoms with van der Waals surface area (Å²) < 4.78 is 4.21. The molecule has 5 nitrogen and oxygen atoms in total. The third-order valence-corrected chi connectivity index (χ3v) is 3.81.